The Morgan fingerprint density at radius 2 is 1.38 bits per heavy atom. The van der Waals surface area contributed by atoms with Crippen LogP contribution in [0.5, 0.6) is 0 Å². The predicted octanol–water partition coefficient (Wildman–Crippen LogP) is 2.61. The Labute approximate surface area is 51.6 Å². The highest BCUT2D eigenvalue weighted by molar-refractivity contribution is 4.91. The largest absolute Gasteiger partial charge is 0.0883 e. The molecule has 0 aromatic rings. The van der Waals surface area contributed by atoms with Crippen molar-refractivity contribution in [2.75, 3.05) is 0 Å². The Hall–Kier alpha value is -0.260. The minimum Gasteiger partial charge on any atom is -0.0883 e. The van der Waals surface area contributed by atoms with Gasteiger partial charge in [-0.3, -0.25) is 0 Å². The Balaban J connectivity index is 2.44. The zero-order valence-electron chi connectivity index (χ0n) is 5.72. The standard InChI is InChI=1S/C8H14/c1-7-5-3-4-6-8(7)2/h3-4,7-8H,5-6H2,1-2H3/t7-,8?/m0/s1. The molecule has 0 heteroatoms. The fraction of sp³-hybridized carbons (Fsp3) is 0.750. The molecule has 0 aromatic heterocycles. The van der Waals surface area contributed by atoms with Gasteiger partial charge in [-0.15, -0.1) is 0 Å². The third-order valence-electron chi connectivity index (χ3n) is 2.15. The molecule has 0 radical (unpaired) electrons. The maximum atomic E-state index is 2.33. The fourth-order valence-corrected chi connectivity index (χ4v) is 1.09. The van der Waals surface area contributed by atoms with E-state index in [1.165, 1.54) is 12.8 Å². The summed E-state index contributed by atoms with van der Waals surface area (Å²) in [6.45, 7) is 4.66. The van der Waals surface area contributed by atoms with Crippen molar-refractivity contribution in [3.8, 4) is 0 Å². The van der Waals surface area contributed by atoms with Gasteiger partial charge < -0.3 is 0 Å². The highest BCUT2D eigenvalue weighted by atomic mass is 14.2. The van der Waals surface area contributed by atoms with Crippen molar-refractivity contribution in [3.63, 3.8) is 0 Å². The molecule has 0 amide bonds. The Morgan fingerprint density at radius 3 is 1.62 bits per heavy atom. The van der Waals surface area contributed by atoms with E-state index in [4.69, 9.17) is 0 Å². The molecule has 0 aliphatic heterocycles. The molecule has 0 nitrogen and oxygen atoms in total. The van der Waals surface area contributed by atoms with Crippen molar-refractivity contribution in [1.29, 1.82) is 0 Å². The van der Waals surface area contributed by atoms with Crippen LogP contribution in [0.4, 0.5) is 0 Å². The van der Waals surface area contributed by atoms with Crippen molar-refractivity contribution in [1.82, 2.24) is 0 Å². The van der Waals surface area contributed by atoms with Crippen LogP contribution in [0.2, 0.25) is 0 Å². The average molecular weight is 110 g/mol. The first-order valence-corrected chi connectivity index (χ1v) is 3.45. The van der Waals surface area contributed by atoms with Crippen LogP contribution in [0, 0.1) is 11.8 Å². The second-order valence-corrected chi connectivity index (χ2v) is 2.90. The SMILES string of the molecule is CC1CC=CC[C@@H]1C. The minimum atomic E-state index is 0.917. The molecule has 1 unspecified atom stereocenters. The van der Waals surface area contributed by atoms with E-state index < -0.39 is 0 Å². The smallest absolute Gasteiger partial charge is 0.0322 e. The van der Waals surface area contributed by atoms with Crippen molar-refractivity contribution in [3.05, 3.63) is 12.2 Å². The summed E-state index contributed by atoms with van der Waals surface area (Å²) in [5.74, 6) is 1.83. The van der Waals surface area contributed by atoms with Gasteiger partial charge in [0.25, 0.3) is 0 Å². The van der Waals surface area contributed by atoms with Gasteiger partial charge in [0.15, 0.2) is 0 Å². The molecule has 8 heavy (non-hydrogen) atoms. The van der Waals surface area contributed by atoms with Gasteiger partial charge in [-0.1, -0.05) is 26.0 Å². The molecular weight excluding hydrogens is 96.1 g/mol. The van der Waals surface area contributed by atoms with Crippen molar-refractivity contribution < 1.29 is 0 Å². The topological polar surface area (TPSA) is 0 Å². The Morgan fingerprint density at radius 1 is 1.00 bits per heavy atom. The third-order valence-corrected chi connectivity index (χ3v) is 2.15. The van der Waals surface area contributed by atoms with Crippen LogP contribution < -0.4 is 0 Å². The molecular formula is C8H14. The lowest BCUT2D eigenvalue weighted by atomic mass is 9.86. The summed E-state index contributed by atoms with van der Waals surface area (Å²) in [6, 6.07) is 0. The van der Waals surface area contributed by atoms with Crippen LogP contribution in [0.1, 0.15) is 26.7 Å². The monoisotopic (exact) mass is 110 g/mol. The zero-order chi connectivity index (χ0) is 5.98. The number of hydrogen-bond donors (Lipinski definition) is 0. The predicted molar refractivity (Wildman–Crippen MR) is 36.7 cm³/mol. The first-order chi connectivity index (χ1) is 3.80. The first kappa shape index (κ1) is 5.87. The maximum absolute atomic E-state index is 2.33. The van der Waals surface area contributed by atoms with E-state index in [9.17, 15) is 0 Å². The van der Waals surface area contributed by atoms with E-state index in [0.717, 1.165) is 11.8 Å². The molecule has 2 atom stereocenters. The second-order valence-electron chi connectivity index (χ2n) is 2.90. The van der Waals surface area contributed by atoms with E-state index in [0.29, 0.717) is 0 Å². The summed E-state index contributed by atoms with van der Waals surface area (Å²) in [5, 5.41) is 0. The summed E-state index contributed by atoms with van der Waals surface area (Å²) >= 11 is 0. The molecule has 0 N–H and O–H groups in total. The summed E-state index contributed by atoms with van der Waals surface area (Å²) in [6.07, 6.45) is 7.18. The van der Waals surface area contributed by atoms with Gasteiger partial charge in [0.1, 0.15) is 0 Å². The van der Waals surface area contributed by atoms with Crippen LogP contribution in [-0.4, -0.2) is 0 Å². The molecule has 0 aromatic carbocycles. The van der Waals surface area contributed by atoms with Crippen LogP contribution in [0.15, 0.2) is 12.2 Å². The van der Waals surface area contributed by atoms with Gasteiger partial charge in [0, 0.05) is 0 Å². The van der Waals surface area contributed by atoms with E-state index in [2.05, 4.69) is 26.0 Å². The lowest BCUT2D eigenvalue weighted by Gasteiger charge is -2.19. The lowest BCUT2D eigenvalue weighted by Crippen LogP contribution is -2.08. The normalized spacial score (nSPS) is 37.8. The summed E-state index contributed by atoms with van der Waals surface area (Å²) in [5.41, 5.74) is 0. The molecule has 46 valence electrons. The van der Waals surface area contributed by atoms with E-state index >= 15 is 0 Å². The van der Waals surface area contributed by atoms with Gasteiger partial charge in [0.05, 0.1) is 0 Å². The highest BCUT2D eigenvalue weighted by Gasteiger charge is 2.11. The molecule has 0 saturated carbocycles. The van der Waals surface area contributed by atoms with E-state index in [1.807, 2.05) is 0 Å². The second kappa shape index (κ2) is 2.34. The summed E-state index contributed by atoms with van der Waals surface area (Å²) in [4.78, 5) is 0. The Bertz CT molecular complexity index is 80.2. The zero-order valence-corrected chi connectivity index (χ0v) is 5.72. The van der Waals surface area contributed by atoms with Gasteiger partial charge in [-0.05, 0) is 24.7 Å². The van der Waals surface area contributed by atoms with Crippen molar-refractivity contribution in [2.24, 2.45) is 11.8 Å². The fourth-order valence-electron chi connectivity index (χ4n) is 1.09. The maximum Gasteiger partial charge on any atom is -0.0322 e. The van der Waals surface area contributed by atoms with Gasteiger partial charge >= 0.3 is 0 Å². The highest BCUT2D eigenvalue weighted by Crippen LogP contribution is 2.23. The summed E-state index contributed by atoms with van der Waals surface area (Å²) in [7, 11) is 0. The molecule has 0 heterocycles. The van der Waals surface area contributed by atoms with Crippen LogP contribution >= 0.6 is 0 Å². The van der Waals surface area contributed by atoms with Gasteiger partial charge in [-0.2, -0.15) is 0 Å². The van der Waals surface area contributed by atoms with E-state index in [1.54, 1.807) is 0 Å². The molecule has 0 saturated heterocycles. The molecule has 1 aliphatic rings. The molecule has 1 aliphatic carbocycles. The van der Waals surface area contributed by atoms with Crippen LogP contribution in [0.3, 0.4) is 0 Å². The van der Waals surface area contributed by atoms with Gasteiger partial charge in [0.2, 0.25) is 0 Å². The molecule has 0 spiro atoms. The van der Waals surface area contributed by atoms with Crippen molar-refractivity contribution >= 4 is 0 Å². The summed E-state index contributed by atoms with van der Waals surface area (Å²) < 4.78 is 0. The quantitative estimate of drug-likeness (QED) is 0.420. The van der Waals surface area contributed by atoms with Crippen LogP contribution in [0.25, 0.3) is 0 Å². The van der Waals surface area contributed by atoms with Crippen molar-refractivity contribution in [2.45, 2.75) is 26.7 Å². The molecule has 0 bridgehead atoms. The number of allylic oxidation sites excluding steroid dienone is 2. The van der Waals surface area contributed by atoms with Crippen LogP contribution in [-0.2, 0) is 0 Å². The third kappa shape index (κ3) is 1.12. The van der Waals surface area contributed by atoms with E-state index in [-0.39, 0.29) is 0 Å². The lowest BCUT2D eigenvalue weighted by molar-refractivity contribution is 0.380. The number of rotatable bonds is 0. The molecule has 0 fully saturated rings. The average Bonchev–Trinajstić information content (AvgIpc) is 1.77. The first-order valence-electron chi connectivity index (χ1n) is 3.45. The molecule has 1 rings (SSSR count). The number of hydrogen-bond acceptors (Lipinski definition) is 0. The Kier molecular flexibility index (Phi) is 1.72. The van der Waals surface area contributed by atoms with Gasteiger partial charge in [-0.25, -0.2) is 0 Å². The minimum absolute atomic E-state index is 0.917.